The van der Waals surface area contributed by atoms with E-state index in [4.69, 9.17) is 11.6 Å². The number of halogens is 1. The van der Waals surface area contributed by atoms with E-state index >= 15 is 0 Å². The fourth-order valence-corrected chi connectivity index (χ4v) is 2.48. The number of alkyl halides is 1. The van der Waals surface area contributed by atoms with Gasteiger partial charge >= 0.3 is 0 Å². The lowest BCUT2D eigenvalue weighted by Crippen LogP contribution is -2.25. The van der Waals surface area contributed by atoms with Gasteiger partial charge in [-0.05, 0) is 31.9 Å². The molecule has 0 fully saturated rings. The van der Waals surface area contributed by atoms with Crippen LogP contribution in [0.25, 0.3) is 0 Å². The summed E-state index contributed by atoms with van der Waals surface area (Å²) in [5.74, 6) is 0.735. The van der Waals surface area contributed by atoms with E-state index in [1.807, 2.05) is 11.3 Å². The highest BCUT2D eigenvalue weighted by Gasteiger charge is 2.02. The summed E-state index contributed by atoms with van der Waals surface area (Å²) in [6, 6.07) is 4.94. The van der Waals surface area contributed by atoms with Gasteiger partial charge in [0.1, 0.15) is 0 Å². The van der Waals surface area contributed by atoms with Gasteiger partial charge in [0.05, 0.1) is 0 Å². The monoisotopic (exact) mass is 231 g/mol. The summed E-state index contributed by atoms with van der Waals surface area (Å²) in [7, 11) is 0. The van der Waals surface area contributed by atoms with E-state index in [-0.39, 0.29) is 0 Å². The van der Waals surface area contributed by atoms with Crippen molar-refractivity contribution in [1.82, 2.24) is 5.32 Å². The predicted molar refractivity (Wildman–Crippen MR) is 65.3 cm³/mol. The molecule has 1 aromatic heterocycles. The maximum atomic E-state index is 5.67. The van der Waals surface area contributed by atoms with Gasteiger partial charge in [0.25, 0.3) is 0 Å². The number of nitrogens with one attached hydrogen (secondary N) is 1. The minimum Gasteiger partial charge on any atom is -0.309 e. The van der Waals surface area contributed by atoms with Crippen molar-refractivity contribution in [3.63, 3.8) is 0 Å². The average Bonchev–Trinajstić information content (AvgIpc) is 2.63. The van der Waals surface area contributed by atoms with E-state index in [0.29, 0.717) is 6.04 Å². The highest BCUT2D eigenvalue weighted by atomic mass is 35.5. The largest absolute Gasteiger partial charge is 0.309 e. The molecular weight excluding hydrogens is 214 g/mol. The van der Waals surface area contributed by atoms with Crippen molar-refractivity contribution in [2.45, 2.75) is 39.3 Å². The summed E-state index contributed by atoms with van der Waals surface area (Å²) in [6.45, 7) is 5.35. The normalized spacial score (nSPS) is 13.1. The van der Waals surface area contributed by atoms with Gasteiger partial charge in [-0.2, -0.15) is 0 Å². The maximum absolute atomic E-state index is 5.67. The van der Waals surface area contributed by atoms with E-state index in [1.54, 1.807) is 0 Å². The second kappa shape index (κ2) is 6.44. The smallest absolute Gasteiger partial charge is 0.0302 e. The molecule has 0 radical (unpaired) electrons. The summed E-state index contributed by atoms with van der Waals surface area (Å²) in [5.41, 5.74) is 0. The molecule has 0 saturated heterocycles. The summed E-state index contributed by atoms with van der Waals surface area (Å²) in [6.07, 6.45) is 2.18. The molecule has 1 unspecified atom stereocenters. The van der Waals surface area contributed by atoms with Crippen molar-refractivity contribution in [2.24, 2.45) is 0 Å². The Morgan fingerprint density at radius 1 is 1.43 bits per heavy atom. The van der Waals surface area contributed by atoms with Crippen LogP contribution < -0.4 is 5.32 Å². The second-order valence-corrected chi connectivity index (χ2v) is 5.11. The first-order valence-electron chi connectivity index (χ1n) is 5.13. The molecule has 0 saturated carbocycles. The first-order valence-corrected chi connectivity index (χ1v) is 6.48. The van der Waals surface area contributed by atoms with Crippen LogP contribution in [0.4, 0.5) is 0 Å². The van der Waals surface area contributed by atoms with E-state index in [1.165, 1.54) is 9.75 Å². The first-order chi connectivity index (χ1) is 6.76. The van der Waals surface area contributed by atoms with Gasteiger partial charge in [0, 0.05) is 28.2 Å². The molecule has 1 rings (SSSR count). The third-order valence-corrected chi connectivity index (χ3v) is 3.68. The van der Waals surface area contributed by atoms with Crippen LogP contribution in [0.5, 0.6) is 0 Å². The lowest BCUT2D eigenvalue weighted by Gasteiger charge is -2.10. The molecule has 0 spiro atoms. The van der Waals surface area contributed by atoms with Crippen molar-refractivity contribution >= 4 is 22.9 Å². The Balaban J connectivity index is 2.30. The highest BCUT2D eigenvalue weighted by molar-refractivity contribution is 7.11. The van der Waals surface area contributed by atoms with Crippen molar-refractivity contribution in [3.8, 4) is 0 Å². The van der Waals surface area contributed by atoms with Crippen LogP contribution in [0.15, 0.2) is 12.1 Å². The summed E-state index contributed by atoms with van der Waals surface area (Å²) in [5, 5.41) is 3.46. The summed E-state index contributed by atoms with van der Waals surface area (Å²) < 4.78 is 0. The molecule has 0 bridgehead atoms. The van der Waals surface area contributed by atoms with Crippen LogP contribution in [0.1, 0.15) is 30.0 Å². The molecule has 0 aliphatic heterocycles. The molecule has 1 N–H and O–H groups in total. The number of hydrogen-bond acceptors (Lipinski definition) is 2. The van der Waals surface area contributed by atoms with Crippen molar-refractivity contribution < 1.29 is 0 Å². The zero-order valence-corrected chi connectivity index (χ0v) is 10.4. The average molecular weight is 232 g/mol. The number of aryl methyl sites for hydroxylation is 1. The Morgan fingerprint density at radius 3 is 2.71 bits per heavy atom. The zero-order valence-electron chi connectivity index (χ0n) is 8.85. The van der Waals surface area contributed by atoms with Crippen molar-refractivity contribution in [2.75, 3.05) is 5.88 Å². The van der Waals surface area contributed by atoms with Crippen LogP contribution in [0.2, 0.25) is 0 Å². The minimum atomic E-state index is 0.514. The van der Waals surface area contributed by atoms with Crippen LogP contribution >= 0.6 is 22.9 Å². The summed E-state index contributed by atoms with van der Waals surface area (Å²) in [4.78, 5) is 2.88. The zero-order chi connectivity index (χ0) is 10.4. The van der Waals surface area contributed by atoms with Gasteiger partial charge in [0.2, 0.25) is 0 Å². The Kier molecular flexibility index (Phi) is 5.53. The molecule has 1 heterocycles. The topological polar surface area (TPSA) is 12.0 Å². The molecule has 0 amide bonds. The van der Waals surface area contributed by atoms with E-state index < -0.39 is 0 Å². The fourth-order valence-electron chi connectivity index (χ4n) is 1.25. The van der Waals surface area contributed by atoms with E-state index in [9.17, 15) is 0 Å². The lowest BCUT2D eigenvalue weighted by molar-refractivity contribution is 0.539. The molecule has 0 aliphatic carbocycles. The van der Waals surface area contributed by atoms with Crippen molar-refractivity contribution in [1.29, 1.82) is 0 Å². The quantitative estimate of drug-likeness (QED) is 0.740. The molecule has 80 valence electrons. The van der Waals surface area contributed by atoms with Gasteiger partial charge in [-0.1, -0.05) is 6.92 Å². The predicted octanol–water partition coefficient (Wildman–Crippen LogP) is 3.42. The fraction of sp³-hybridized carbons (Fsp3) is 0.636. The van der Waals surface area contributed by atoms with Gasteiger partial charge in [-0.25, -0.2) is 0 Å². The molecule has 1 atom stereocenters. The van der Waals surface area contributed by atoms with Gasteiger partial charge in [-0.3, -0.25) is 0 Å². The highest BCUT2D eigenvalue weighted by Crippen LogP contribution is 2.16. The van der Waals surface area contributed by atoms with Crippen LogP contribution in [0.3, 0.4) is 0 Å². The van der Waals surface area contributed by atoms with E-state index in [2.05, 4.69) is 31.3 Å². The Labute approximate surface area is 95.5 Å². The first kappa shape index (κ1) is 12.0. The number of hydrogen-bond donors (Lipinski definition) is 1. The molecule has 3 heteroatoms. The Hall–Kier alpha value is -0.0500. The standard InChI is InChI=1S/C11H18ClNS/c1-3-10-4-5-11(14-10)8-13-9(2)6-7-12/h4-5,9,13H,3,6-8H2,1-2H3. The minimum absolute atomic E-state index is 0.514. The molecule has 1 nitrogen and oxygen atoms in total. The molecule has 14 heavy (non-hydrogen) atoms. The molecular formula is C11H18ClNS. The van der Waals surface area contributed by atoms with Crippen molar-refractivity contribution in [3.05, 3.63) is 21.9 Å². The maximum Gasteiger partial charge on any atom is 0.0302 e. The lowest BCUT2D eigenvalue weighted by atomic mass is 10.2. The van der Waals surface area contributed by atoms with Gasteiger partial charge in [-0.15, -0.1) is 22.9 Å². The molecule has 1 aromatic rings. The Morgan fingerprint density at radius 2 is 2.14 bits per heavy atom. The van der Waals surface area contributed by atoms with Crippen LogP contribution in [-0.4, -0.2) is 11.9 Å². The van der Waals surface area contributed by atoms with Crippen LogP contribution in [0, 0.1) is 0 Å². The van der Waals surface area contributed by atoms with Crippen LogP contribution in [-0.2, 0) is 13.0 Å². The second-order valence-electron chi connectivity index (χ2n) is 3.48. The third kappa shape index (κ3) is 3.99. The van der Waals surface area contributed by atoms with Gasteiger partial charge in [0.15, 0.2) is 0 Å². The van der Waals surface area contributed by atoms with E-state index in [0.717, 1.165) is 25.3 Å². The number of rotatable bonds is 6. The van der Waals surface area contributed by atoms with Gasteiger partial charge < -0.3 is 5.32 Å². The summed E-state index contributed by atoms with van der Waals surface area (Å²) >= 11 is 7.56. The molecule has 0 aromatic carbocycles. The Bertz CT molecular complexity index is 260. The third-order valence-electron chi connectivity index (χ3n) is 2.23. The SMILES string of the molecule is CCc1ccc(CNC(C)CCCl)s1. The number of thiophene rings is 1. The molecule has 0 aliphatic rings.